The molecule has 0 radical (unpaired) electrons. The van der Waals surface area contributed by atoms with E-state index < -0.39 is 31.9 Å². The Morgan fingerprint density at radius 2 is 1.14 bits per heavy atom. The summed E-state index contributed by atoms with van der Waals surface area (Å²) in [6.07, 6.45) is 7.61. The largest absolute Gasteiger partial charge is 0.497 e. The lowest BCUT2D eigenvalue weighted by atomic mass is 9.91. The van der Waals surface area contributed by atoms with Gasteiger partial charge in [-0.2, -0.15) is 0 Å². The van der Waals surface area contributed by atoms with Crippen LogP contribution >= 0.6 is 22.9 Å². The molecule has 18 nitrogen and oxygen atoms in total. The van der Waals surface area contributed by atoms with Crippen LogP contribution in [0.5, 0.6) is 11.5 Å². The van der Waals surface area contributed by atoms with Gasteiger partial charge < -0.3 is 24.7 Å². The van der Waals surface area contributed by atoms with Gasteiger partial charge in [-0.3, -0.25) is 32.4 Å². The molecule has 14 rings (SSSR count). The van der Waals surface area contributed by atoms with Gasteiger partial charge in [0.25, 0.3) is 37.8 Å². The van der Waals surface area contributed by atoms with Crippen molar-refractivity contribution in [2.24, 2.45) is 29.6 Å². The first kappa shape index (κ1) is 86.5. The number of allylic oxidation sites excluding steroid dienone is 2. The van der Waals surface area contributed by atoms with E-state index in [-0.39, 0.29) is 44.7 Å². The number of benzene rings is 6. The first-order chi connectivity index (χ1) is 53.9. The number of amides is 2. The fourth-order valence-electron chi connectivity index (χ4n) is 14.2. The summed E-state index contributed by atoms with van der Waals surface area (Å²) in [5.74, 6) is 4.03. The van der Waals surface area contributed by atoms with E-state index in [1.54, 1.807) is 128 Å². The first-order valence-electron chi connectivity index (χ1n) is 38.3. The van der Waals surface area contributed by atoms with Crippen molar-refractivity contribution >= 4 is 111 Å². The van der Waals surface area contributed by atoms with Gasteiger partial charge in [0.2, 0.25) is 5.78 Å². The van der Waals surface area contributed by atoms with Crippen LogP contribution in [0.25, 0.3) is 32.8 Å². The number of nitrogens with one attached hydrogen (secondary N) is 2. The molecule has 8 heterocycles. The number of thiophene rings is 1. The molecule has 0 aliphatic carbocycles. The highest BCUT2D eigenvalue weighted by Crippen LogP contribution is 2.44. The number of carbonyl (C=O) groups is 4. The van der Waals surface area contributed by atoms with E-state index in [4.69, 9.17) is 21.1 Å². The van der Waals surface area contributed by atoms with E-state index in [1.165, 1.54) is 65.9 Å². The van der Waals surface area contributed by atoms with Gasteiger partial charge in [0, 0.05) is 83.0 Å². The molecule has 0 saturated carbocycles. The maximum Gasteiger partial charge on any atom is 0.274 e. The Labute approximate surface area is 676 Å². The molecule has 2 N–H and O–H groups in total. The van der Waals surface area contributed by atoms with Crippen molar-refractivity contribution in [1.82, 2.24) is 27.7 Å². The van der Waals surface area contributed by atoms with Gasteiger partial charge in [-0.15, -0.1) is 11.3 Å². The molecule has 113 heavy (non-hydrogen) atoms. The second kappa shape index (κ2) is 38.4. The highest BCUT2D eigenvalue weighted by Gasteiger charge is 2.41. The molecular formula is C91H105ClN8O10S3. The second-order valence-corrected chi connectivity index (χ2v) is 34.7. The molecule has 0 spiro atoms. The van der Waals surface area contributed by atoms with Crippen molar-refractivity contribution in [3.8, 4) is 11.5 Å². The molecule has 1 atom stereocenters. The number of fused-ring (bicyclic) bond motifs is 5. The Bertz CT molecular complexity index is 5500. The van der Waals surface area contributed by atoms with Gasteiger partial charge in [0.15, 0.2) is 0 Å². The summed E-state index contributed by atoms with van der Waals surface area (Å²) in [6, 6.07) is 56.3. The van der Waals surface area contributed by atoms with Crippen molar-refractivity contribution in [2.45, 2.75) is 145 Å². The number of hydrogen-bond donors (Lipinski definition) is 2. The summed E-state index contributed by atoms with van der Waals surface area (Å²) in [4.78, 5) is 60.8. The summed E-state index contributed by atoms with van der Waals surface area (Å²) in [5.41, 5.74) is 11.5. The lowest BCUT2D eigenvalue weighted by molar-refractivity contribution is -0.114. The number of nitrogens with zero attached hydrogens (tertiary/aromatic N) is 6. The molecule has 594 valence electrons. The third-order valence-electron chi connectivity index (χ3n) is 19.9. The van der Waals surface area contributed by atoms with Crippen LogP contribution in [0.15, 0.2) is 221 Å². The van der Waals surface area contributed by atoms with Crippen LogP contribution in [0.2, 0.25) is 5.02 Å². The average Bonchev–Trinajstić information content (AvgIpc) is 1.53. The summed E-state index contributed by atoms with van der Waals surface area (Å²) >= 11 is 7.29. The summed E-state index contributed by atoms with van der Waals surface area (Å²) < 4.78 is 67.9. The number of aromatic nitrogens is 4. The molecule has 5 aromatic heterocycles. The van der Waals surface area contributed by atoms with Crippen LogP contribution in [0.3, 0.4) is 0 Å². The molecule has 1 unspecified atom stereocenters. The van der Waals surface area contributed by atoms with Crippen LogP contribution in [0.1, 0.15) is 167 Å². The van der Waals surface area contributed by atoms with Crippen molar-refractivity contribution in [3.05, 3.63) is 272 Å². The van der Waals surface area contributed by atoms with E-state index in [9.17, 15) is 36.0 Å². The Balaban J connectivity index is 0.000000162. The SMILES string of the molecule is CC.CC(C)C1=C(C(=O)Nc2ccccn2)N(C)S(=O)(=O)c2ccccc21.CC(C)C1=C(C(=O)Nc2ccccn2)N(C)S(=O)(=O)c2ccsc21.COc1ccc2c(c1)c(CC(C)C)c(C)n2C(=O)c1ccc(Cl)cc1.COc1ccc2cc(CCC(C)C)ccc2c1.Cc1cc2n(c1C(=O)c1ccccc1)CCC2C(C)C. The van der Waals surface area contributed by atoms with E-state index >= 15 is 0 Å². The molecule has 0 saturated heterocycles. The lowest BCUT2D eigenvalue weighted by Crippen LogP contribution is -2.38. The second-order valence-electron chi connectivity index (χ2n) is 29.5. The maximum absolute atomic E-state index is 13.1. The van der Waals surface area contributed by atoms with Gasteiger partial charge in [0.05, 0.1) is 35.2 Å². The minimum absolute atomic E-state index is 0.00941. The number of hydrogen-bond acceptors (Lipinski definition) is 13. The number of ether oxygens (including phenoxy) is 2. The summed E-state index contributed by atoms with van der Waals surface area (Å²) in [7, 11) is -1.33. The zero-order valence-electron chi connectivity index (χ0n) is 67.9. The smallest absolute Gasteiger partial charge is 0.274 e. The Hall–Kier alpha value is -10.5. The molecule has 0 bridgehead atoms. The van der Waals surface area contributed by atoms with Crippen molar-refractivity contribution in [3.63, 3.8) is 0 Å². The van der Waals surface area contributed by atoms with E-state index in [0.717, 1.165) is 84.4 Å². The van der Waals surface area contributed by atoms with Crippen LogP contribution in [-0.2, 0) is 49.0 Å². The number of carbonyl (C=O) groups excluding carboxylic acids is 4. The van der Waals surface area contributed by atoms with Gasteiger partial charge >= 0.3 is 0 Å². The van der Waals surface area contributed by atoms with E-state index in [2.05, 4.69) is 110 Å². The van der Waals surface area contributed by atoms with Gasteiger partial charge in [-0.25, -0.2) is 26.8 Å². The van der Waals surface area contributed by atoms with Crippen LogP contribution in [0, 0.1) is 43.4 Å². The Kier molecular flexibility index (Phi) is 29.4. The number of halogens is 1. The molecule has 3 aliphatic heterocycles. The number of rotatable bonds is 17. The quantitative estimate of drug-likeness (QED) is 0.0813. The third-order valence-corrected chi connectivity index (χ3v) is 24.8. The fraction of sp³-hybridized carbons (Fsp3) is 0.319. The van der Waals surface area contributed by atoms with E-state index in [0.29, 0.717) is 56.0 Å². The van der Waals surface area contributed by atoms with Crippen LogP contribution in [-0.4, -0.2) is 96.4 Å². The van der Waals surface area contributed by atoms with Gasteiger partial charge in [0.1, 0.15) is 39.4 Å². The van der Waals surface area contributed by atoms with Crippen molar-refractivity contribution < 1.29 is 45.5 Å². The number of likely N-dealkylation sites (N-methyl/N-ethyl adjacent to an activating group) is 2. The van der Waals surface area contributed by atoms with Crippen LogP contribution in [0.4, 0.5) is 11.6 Å². The number of methoxy groups -OCH3 is 2. The first-order valence-corrected chi connectivity index (χ1v) is 42.4. The molecule has 11 aromatic rings. The van der Waals surface area contributed by atoms with Crippen molar-refractivity contribution in [2.75, 3.05) is 38.9 Å². The predicted octanol–water partition coefficient (Wildman–Crippen LogP) is 20.6. The minimum Gasteiger partial charge on any atom is -0.497 e. The standard InChI is InChI=1S/C21H22ClNO2.C18H19N3O3S.C18H21NO.C16H17N3O3S2.C16H20O.C2H6/c1-13(2)11-18-14(3)23(20-10-9-17(25-4)12-19(18)20)21(24)15-5-7-16(22)8-6-15;1-12(2)16-13-8-4-5-9-14(13)25(23,24)21(3)17(16)18(22)20-15-10-6-7-11-19-15;1-12(2)15-9-10-19-16(15)11-13(3)17(19)18(20)14-7-5-4-6-8-14;1-10(2)13-14(16(20)18-12-6-4-5-8-17-12)19(3)24(21,22)11-7-9-23-15(11)13;1-12(2)4-5-13-6-7-15-11-16(17-3)9-8-14(15)10-13;1-2/h5-10,12-13H,11H2,1-4H3;4-12H,1-3H3,(H,19,20,22);4-8,11-12,15H,9-10H2,1-3H3;4-10H,1-3H3,(H,17,18,20);6-12H,4-5H2,1-3H3;1-2H3. The molecule has 3 aliphatic rings. The van der Waals surface area contributed by atoms with Gasteiger partial charge in [-0.05, 0) is 205 Å². The molecule has 0 fully saturated rings. The number of ketones is 1. The lowest BCUT2D eigenvalue weighted by Gasteiger charge is -2.32. The Morgan fingerprint density at radius 1 is 0.593 bits per heavy atom. The molecular weight excluding hydrogens is 1500 g/mol. The molecule has 2 amide bonds. The zero-order chi connectivity index (χ0) is 82.3. The summed E-state index contributed by atoms with van der Waals surface area (Å²) in [6.45, 7) is 30.2. The minimum atomic E-state index is -3.78. The maximum atomic E-state index is 13.1. The van der Waals surface area contributed by atoms with Crippen LogP contribution < -0.4 is 20.1 Å². The molecule has 6 aromatic carbocycles. The topological polar surface area (TPSA) is 221 Å². The molecule has 22 heteroatoms. The monoisotopic (exact) mass is 1600 g/mol. The number of aryl methyl sites for hydroxylation is 2. The normalized spacial score (nSPS) is 14.3. The predicted molar refractivity (Wildman–Crippen MR) is 459 cm³/mol. The van der Waals surface area contributed by atoms with Crippen molar-refractivity contribution in [1.29, 1.82) is 0 Å². The van der Waals surface area contributed by atoms with Gasteiger partial charge in [-0.1, -0.05) is 180 Å². The zero-order valence-corrected chi connectivity index (χ0v) is 71.1. The number of sulfonamides is 2. The van der Waals surface area contributed by atoms with E-state index in [1.807, 2.05) is 103 Å². The highest BCUT2D eigenvalue weighted by atomic mass is 35.5. The third kappa shape index (κ3) is 19.8. The number of pyridine rings is 2. The summed E-state index contributed by atoms with van der Waals surface area (Å²) in [5, 5.41) is 11.3. The fourth-order valence-corrected chi connectivity index (χ4v) is 18.6. The average molecular weight is 1600 g/mol. The highest BCUT2D eigenvalue weighted by molar-refractivity contribution is 7.89. The number of anilines is 2. The Morgan fingerprint density at radius 3 is 1.71 bits per heavy atom.